The van der Waals surface area contributed by atoms with Crippen LogP contribution in [0.15, 0.2) is 0 Å². The first kappa shape index (κ1) is 1.72. The van der Waals surface area contributed by atoms with Gasteiger partial charge in [-0.3, -0.25) is 10.2 Å². The molecule has 0 spiro atoms. The molecule has 0 aliphatic heterocycles. The fourth-order valence-electron chi connectivity index (χ4n) is 0. The Morgan fingerprint density at radius 3 is 2.75 bits per heavy atom. The van der Waals surface area contributed by atoms with E-state index < -0.39 is 6.39 Å². The van der Waals surface area contributed by atoms with Gasteiger partial charge in [0.25, 0.3) is 0 Å². The number of hydrazine groups is 1. The minimum Gasteiger partial charge on any atom is -0.297 e. The van der Waals surface area contributed by atoms with Gasteiger partial charge in [-0.05, 0) is 0 Å². The fraction of sp³-hybridized carbons (Fsp3) is 0. The maximum Gasteiger partial charge on any atom is 0.221 e. The molecule has 0 radical (unpaired) electrons. The molecule has 24 valence electrons. The molecule has 1 amide bonds. The normalized spacial score (nSPS) is 8.75. The van der Waals surface area contributed by atoms with Crippen LogP contribution in [-0.2, 0) is 4.79 Å². The Hall–Kier alpha value is -0.570. The highest BCUT2D eigenvalue weighted by molar-refractivity contribution is 5.44. The highest BCUT2D eigenvalue weighted by atomic mass is 16.1. The molecule has 0 aromatic heterocycles. The number of rotatable bonds is 0. The first-order chi connectivity index (χ1) is 2.27. The number of carbonyl (C=O) groups is 1. The summed E-state index contributed by atoms with van der Waals surface area (Å²) in [7, 11) is 0. The zero-order valence-electron chi connectivity index (χ0n) is 2.99. The number of nitrogens with two attached hydrogens (primary N) is 1. The van der Waals surface area contributed by atoms with Crippen LogP contribution in [0.2, 0.25) is 0 Å². The van der Waals surface area contributed by atoms with Crippen molar-refractivity contribution in [3.63, 3.8) is 0 Å². The van der Waals surface area contributed by atoms with E-state index in [0.29, 0.717) is 0 Å². The molecule has 0 atom stereocenters. The van der Waals surface area contributed by atoms with E-state index in [1.807, 2.05) is 0 Å². The molecular weight excluding hydrogens is 56.0 g/mol. The van der Waals surface area contributed by atoms with Crippen molar-refractivity contribution in [3.05, 3.63) is 0 Å². The zero-order chi connectivity index (χ0) is 4.28. The van der Waals surface area contributed by atoms with Crippen LogP contribution in [-0.4, -0.2) is 6.39 Å². The second-order valence-corrected chi connectivity index (χ2v) is 0.246. The first-order valence-corrected chi connectivity index (χ1v) is 0.743. The summed E-state index contributed by atoms with van der Waals surface area (Å²) in [5.74, 6) is 4.38. The summed E-state index contributed by atoms with van der Waals surface area (Å²) in [6.07, 6.45) is -0.968. The Balaban J connectivity index is 2.85. The second kappa shape index (κ2) is 2.43. The molecule has 0 unspecified atom stereocenters. The Labute approximate surface area is 25.2 Å². The van der Waals surface area contributed by atoms with Crippen LogP contribution in [0.5, 0.6) is 0 Å². The van der Waals surface area contributed by atoms with Crippen molar-refractivity contribution < 1.29 is 6.17 Å². The molecule has 0 aliphatic rings. The van der Waals surface area contributed by atoms with Gasteiger partial charge in [-0.15, -0.1) is 0 Å². The van der Waals surface area contributed by atoms with Crippen molar-refractivity contribution in [2.75, 3.05) is 0 Å². The maximum absolute atomic E-state index is 9.24. The third-order valence-corrected chi connectivity index (χ3v) is 0.0589. The van der Waals surface area contributed by atoms with Gasteiger partial charge in [0.1, 0.15) is 1.37 Å². The predicted octanol–water partition coefficient (Wildman–Crippen LogP) is -1.39. The van der Waals surface area contributed by atoms with Crippen LogP contribution in [0.4, 0.5) is 0 Å². The number of amides is 1. The molecule has 0 aromatic carbocycles. The highest BCUT2D eigenvalue weighted by Crippen LogP contribution is 0.992. The summed E-state index contributed by atoms with van der Waals surface area (Å²) >= 11 is 0. The summed E-state index contributed by atoms with van der Waals surface area (Å²) in [5, 5.41) is 0. The van der Waals surface area contributed by atoms with Crippen molar-refractivity contribution >= 4 is 6.39 Å². The number of nitrogens with one attached hydrogen (secondary N) is 1. The van der Waals surface area contributed by atoms with E-state index in [2.05, 4.69) is 5.84 Å². The van der Waals surface area contributed by atoms with Gasteiger partial charge < -0.3 is 0 Å². The SMILES string of the molecule is [3H]C(=O)NN. The summed E-state index contributed by atoms with van der Waals surface area (Å²) in [4.78, 5) is 9.24. The Morgan fingerprint density at radius 1 is 2.50 bits per heavy atom. The standard InChI is InChI=1S/CH4N2O/c2-3-1-4/h1H,2H2,(H,3,4)/i1T. The van der Waals surface area contributed by atoms with Crippen molar-refractivity contribution in [1.82, 2.24) is 5.43 Å². The lowest BCUT2D eigenvalue weighted by Crippen LogP contribution is -2.18. The van der Waals surface area contributed by atoms with Crippen molar-refractivity contribution in [3.8, 4) is 0 Å². The maximum atomic E-state index is 9.24. The van der Waals surface area contributed by atoms with Crippen LogP contribution in [0, 0.1) is 0 Å². The monoisotopic (exact) mass is 62.0 g/mol. The van der Waals surface area contributed by atoms with E-state index in [9.17, 15) is 4.79 Å². The molecule has 3 N–H and O–H groups in total. The van der Waals surface area contributed by atoms with Crippen LogP contribution in [0.25, 0.3) is 0 Å². The fourth-order valence-corrected chi connectivity index (χ4v) is 0. The van der Waals surface area contributed by atoms with Gasteiger partial charge in [0.05, 0.1) is 0 Å². The average Bonchev–Trinajstić information content (AvgIpc) is 1.38. The van der Waals surface area contributed by atoms with Crippen molar-refractivity contribution in [1.29, 1.82) is 0 Å². The topological polar surface area (TPSA) is 55.1 Å². The third-order valence-electron chi connectivity index (χ3n) is 0.0589. The molecule has 4 heavy (non-hydrogen) atoms. The Morgan fingerprint density at radius 2 is 2.75 bits per heavy atom. The Bertz CT molecular complexity index is 44.9. The van der Waals surface area contributed by atoms with Gasteiger partial charge in [-0.25, -0.2) is 5.84 Å². The van der Waals surface area contributed by atoms with Crippen LogP contribution in [0.3, 0.4) is 0 Å². The minimum absolute atomic E-state index is 0.968. The molecule has 0 fully saturated rings. The molecule has 0 heterocycles. The predicted molar refractivity (Wildman–Crippen MR) is 13.4 cm³/mol. The largest absolute Gasteiger partial charge is 0.297 e. The van der Waals surface area contributed by atoms with Gasteiger partial charge in [-0.1, -0.05) is 0 Å². The molecule has 0 aliphatic carbocycles. The third kappa shape index (κ3) is 1.43. The zero-order valence-corrected chi connectivity index (χ0v) is 1.99. The number of hydrogen-bond acceptors (Lipinski definition) is 2. The first-order valence-electron chi connectivity index (χ1n) is 1.24. The average molecular weight is 62.1 g/mol. The van der Waals surface area contributed by atoms with E-state index in [1.54, 1.807) is 5.43 Å². The van der Waals surface area contributed by atoms with Crippen molar-refractivity contribution in [2.45, 2.75) is 0 Å². The molecular formula is CH4N2O. The van der Waals surface area contributed by atoms with E-state index in [-0.39, 0.29) is 0 Å². The lowest BCUT2D eigenvalue weighted by Gasteiger charge is -1.66. The quantitative estimate of drug-likeness (QED) is 0.157. The molecule has 0 saturated carbocycles. The van der Waals surface area contributed by atoms with E-state index in [0.717, 1.165) is 0 Å². The van der Waals surface area contributed by atoms with Gasteiger partial charge >= 0.3 is 0 Å². The summed E-state index contributed by atoms with van der Waals surface area (Å²) in [6.45, 7) is 0. The van der Waals surface area contributed by atoms with E-state index in [4.69, 9.17) is 1.37 Å². The van der Waals surface area contributed by atoms with Crippen LogP contribution in [0.1, 0.15) is 1.37 Å². The second-order valence-electron chi connectivity index (χ2n) is 0.246. The Kier molecular flexibility index (Phi) is 1.05. The van der Waals surface area contributed by atoms with Crippen LogP contribution >= 0.6 is 0 Å². The summed E-state index contributed by atoms with van der Waals surface area (Å²) < 4.78 is 5.95. The smallest absolute Gasteiger partial charge is 0.221 e. The molecule has 0 saturated heterocycles. The molecule has 0 aromatic rings. The molecule has 0 rings (SSSR count). The lowest BCUT2D eigenvalue weighted by molar-refractivity contribution is -0.109. The van der Waals surface area contributed by atoms with Crippen LogP contribution < -0.4 is 11.3 Å². The molecule has 3 nitrogen and oxygen atoms in total. The number of hydrogen-bond donors (Lipinski definition) is 2. The van der Waals surface area contributed by atoms with Gasteiger partial charge in [0.2, 0.25) is 6.39 Å². The van der Waals surface area contributed by atoms with Gasteiger partial charge in [0, 0.05) is 0 Å². The summed E-state index contributed by atoms with van der Waals surface area (Å²) in [6, 6.07) is 0. The summed E-state index contributed by atoms with van der Waals surface area (Å²) in [5.41, 5.74) is 1.56. The van der Waals surface area contributed by atoms with E-state index >= 15 is 0 Å². The van der Waals surface area contributed by atoms with Gasteiger partial charge in [-0.2, -0.15) is 0 Å². The lowest BCUT2D eigenvalue weighted by atomic mass is 11.4. The van der Waals surface area contributed by atoms with Crippen molar-refractivity contribution in [2.24, 2.45) is 5.84 Å². The molecule has 0 bridgehead atoms. The van der Waals surface area contributed by atoms with Gasteiger partial charge in [0.15, 0.2) is 0 Å². The number of carbonyl (C=O) groups excluding carboxylic acids is 1. The molecule has 3 heteroatoms. The minimum atomic E-state index is -0.968. The highest BCUT2D eigenvalue weighted by Gasteiger charge is 1.42. The van der Waals surface area contributed by atoms with E-state index in [1.165, 1.54) is 0 Å².